The van der Waals surface area contributed by atoms with E-state index in [2.05, 4.69) is 29.3 Å². The SMILES string of the molecule is CCC(CC)c1nc(C(CC2CCN(C(=O)OC(C)(C)C)CC2)NC(=O)c2ccc(F)cc2)no1. The number of piperidine rings is 1. The van der Waals surface area contributed by atoms with Crippen molar-refractivity contribution < 1.29 is 23.2 Å². The molecule has 1 unspecified atom stereocenters. The third-order valence-corrected chi connectivity index (χ3v) is 6.35. The van der Waals surface area contributed by atoms with Crippen LogP contribution < -0.4 is 5.32 Å². The van der Waals surface area contributed by atoms with E-state index in [0.717, 1.165) is 25.7 Å². The summed E-state index contributed by atoms with van der Waals surface area (Å²) in [5, 5.41) is 7.22. The maximum atomic E-state index is 13.3. The quantitative estimate of drug-likeness (QED) is 0.518. The summed E-state index contributed by atoms with van der Waals surface area (Å²) in [7, 11) is 0. The number of nitrogens with zero attached hydrogens (tertiary/aromatic N) is 3. The van der Waals surface area contributed by atoms with Gasteiger partial charge >= 0.3 is 6.09 Å². The van der Waals surface area contributed by atoms with Crippen molar-refractivity contribution in [3.8, 4) is 0 Å². The van der Waals surface area contributed by atoms with E-state index in [0.29, 0.717) is 36.8 Å². The number of hydrogen-bond acceptors (Lipinski definition) is 6. The molecule has 0 radical (unpaired) electrons. The summed E-state index contributed by atoms with van der Waals surface area (Å²) in [4.78, 5) is 31.7. The van der Waals surface area contributed by atoms with Gasteiger partial charge in [0.25, 0.3) is 5.91 Å². The summed E-state index contributed by atoms with van der Waals surface area (Å²) < 4.78 is 24.3. The lowest BCUT2D eigenvalue weighted by molar-refractivity contribution is 0.0178. The Bertz CT molecular complexity index is 974. The second kappa shape index (κ2) is 11.6. The predicted octanol–water partition coefficient (Wildman–Crippen LogP) is 5.62. The maximum Gasteiger partial charge on any atom is 0.410 e. The standard InChI is InChI=1S/C26H37FN4O4/c1-6-18(7-2)24-29-22(30-35-24)21(28-23(32)19-8-10-20(27)11-9-19)16-17-12-14-31(15-13-17)25(33)34-26(3,4)5/h8-11,17-18,21H,6-7,12-16H2,1-5H3,(H,28,32). The Kier molecular flexibility index (Phi) is 8.86. The van der Waals surface area contributed by atoms with Crippen LogP contribution in [0.2, 0.25) is 0 Å². The largest absolute Gasteiger partial charge is 0.444 e. The van der Waals surface area contributed by atoms with Gasteiger partial charge in [0.2, 0.25) is 5.89 Å². The Morgan fingerprint density at radius 1 is 1.17 bits per heavy atom. The smallest absolute Gasteiger partial charge is 0.410 e. The molecule has 1 fully saturated rings. The van der Waals surface area contributed by atoms with E-state index in [4.69, 9.17) is 9.26 Å². The number of rotatable bonds is 8. The minimum absolute atomic E-state index is 0.168. The highest BCUT2D eigenvalue weighted by atomic mass is 19.1. The highest BCUT2D eigenvalue weighted by molar-refractivity contribution is 5.94. The number of nitrogens with one attached hydrogen (secondary N) is 1. The predicted molar refractivity (Wildman–Crippen MR) is 129 cm³/mol. The fraction of sp³-hybridized carbons (Fsp3) is 0.615. The number of hydrogen-bond donors (Lipinski definition) is 1. The van der Waals surface area contributed by atoms with E-state index in [1.165, 1.54) is 24.3 Å². The Morgan fingerprint density at radius 2 is 1.80 bits per heavy atom. The Morgan fingerprint density at radius 3 is 2.37 bits per heavy atom. The van der Waals surface area contributed by atoms with Crippen LogP contribution in [0, 0.1) is 11.7 Å². The number of halogens is 1. The lowest BCUT2D eigenvalue weighted by Crippen LogP contribution is -2.42. The van der Waals surface area contributed by atoms with Crippen LogP contribution in [-0.4, -0.2) is 45.7 Å². The molecule has 1 saturated heterocycles. The van der Waals surface area contributed by atoms with Gasteiger partial charge in [0.15, 0.2) is 5.82 Å². The van der Waals surface area contributed by atoms with Crippen LogP contribution in [0.3, 0.4) is 0 Å². The van der Waals surface area contributed by atoms with E-state index in [1.54, 1.807) is 4.90 Å². The molecule has 1 atom stereocenters. The Balaban J connectivity index is 1.71. The molecule has 35 heavy (non-hydrogen) atoms. The number of amides is 2. The Hall–Kier alpha value is -2.97. The number of likely N-dealkylation sites (tertiary alicyclic amines) is 1. The molecule has 3 rings (SSSR count). The van der Waals surface area contributed by atoms with Crippen LogP contribution in [-0.2, 0) is 4.74 Å². The average Bonchev–Trinajstić information content (AvgIpc) is 3.29. The van der Waals surface area contributed by atoms with Gasteiger partial charge < -0.3 is 19.5 Å². The zero-order valence-corrected chi connectivity index (χ0v) is 21.3. The number of aromatic nitrogens is 2. The van der Waals surface area contributed by atoms with Crippen molar-refractivity contribution in [3.63, 3.8) is 0 Å². The number of benzene rings is 1. The molecule has 0 bridgehead atoms. The van der Waals surface area contributed by atoms with Crippen molar-refractivity contribution in [2.24, 2.45) is 5.92 Å². The van der Waals surface area contributed by atoms with Crippen LogP contribution in [0.5, 0.6) is 0 Å². The third-order valence-electron chi connectivity index (χ3n) is 6.35. The third kappa shape index (κ3) is 7.50. The second-order valence-corrected chi connectivity index (χ2v) is 10.2. The highest BCUT2D eigenvalue weighted by Gasteiger charge is 2.31. The molecule has 0 saturated carbocycles. The molecular weight excluding hydrogens is 451 g/mol. The van der Waals surface area contributed by atoms with E-state index < -0.39 is 17.5 Å². The molecule has 0 aliphatic carbocycles. The van der Waals surface area contributed by atoms with Crippen LogP contribution >= 0.6 is 0 Å². The van der Waals surface area contributed by atoms with Crippen LogP contribution in [0.25, 0.3) is 0 Å². The molecule has 1 aromatic carbocycles. The maximum absolute atomic E-state index is 13.3. The van der Waals surface area contributed by atoms with Crippen molar-refractivity contribution in [2.45, 2.75) is 84.3 Å². The minimum Gasteiger partial charge on any atom is -0.444 e. The first-order valence-corrected chi connectivity index (χ1v) is 12.5. The molecule has 2 aromatic rings. The lowest BCUT2D eigenvalue weighted by atomic mass is 9.90. The topological polar surface area (TPSA) is 97.6 Å². The number of carbonyl (C=O) groups is 2. The fourth-order valence-electron chi connectivity index (χ4n) is 4.28. The average molecular weight is 489 g/mol. The van der Waals surface area contributed by atoms with Gasteiger partial charge in [-0.15, -0.1) is 0 Å². The molecule has 192 valence electrons. The van der Waals surface area contributed by atoms with E-state index in [9.17, 15) is 14.0 Å². The zero-order chi connectivity index (χ0) is 25.6. The first-order valence-electron chi connectivity index (χ1n) is 12.5. The summed E-state index contributed by atoms with van der Waals surface area (Å²) in [6, 6.07) is 4.96. The van der Waals surface area contributed by atoms with E-state index in [-0.39, 0.29) is 23.8 Å². The number of carbonyl (C=O) groups excluding carboxylic acids is 2. The fourth-order valence-corrected chi connectivity index (χ4v) is 4.28. The minimum atomic E-state index is -0.533. The lowest BCUT2D eigenvalue weighted by Gasteiger charge is -2.34. The van der Waals surface area contributed by atoms with Crippen molar-refractivity contribution in [3.05, 3.63) is 47.4 Å². The molecule has 1 aliphatic rings. The second-order valence-electron chi connectivity index (χ2n) is 10.2. The van der Waals surface area contributed by atoms with Crippen molar-refractivity contribution in [1.29, 1.82) is 0 Å². The first kappa shape index (κ1) is 26.6. The van der Waals surface area contributed by atoms with Crippen molar-refractivity contribution >= 4 is 12.0 Å². The molecule has 0 spiro atoms. The monoisotopic (exact) mass is 488 g/mol. The van der Waals surface area contributed by atoms with Gasteiger partial charge in [-0.1, -0.05) is 19.0 Å². The van der Waals surface area contributed by atoms with Gasteiger partial charge in [-0.05, 0) is 83.1 Å². The molecule has 8 nitrogen and oxygen atoms in total. The summed E-state index contributed by atoms with van der Waals surface area (Å²) in [5.41, 5.74) is -0.172. The van der Waals surface area contributed by atoms with E-state index >= 15 is 0 Å². The van der Waals surface area contributed by atoms with Crippen LogP contribution in [0.1, 0.15) is 101 Å². The van der Waals surface area contributed by atoms with E-state index in [1.807, 2.05) is 20.8 Å². The normalized spacial score (nSPS) is 15.8. The van der Waals surface area contributed by atoms with Gasteiger partial charge in [0, 0.05) is 24.6 Å². The summed E-state index contributed by atoms with van der Waals surface area (Å²) in [6.45, 7) is 10.9. The van der Waals surface area contributed by atoms with Crippen LogP contribution in [0.15, 0.2) is 28.8 Å². The molecular formula is C26H37FN4O4. The summed E-state index contributed by atoms with van der Waals surface area (Å²) in [6.07, 6.45) is 3.63. The molecule has 9 heteroatoms. The van der Waals surface area contributed by atoms with Gasteiger partial charge in [-0.3, -0.25) is 4.79 Å². The van der Waals surface area contributed by atoms with Crippen molar-refractivity contribution in [2.75, 3.05) is 13.1 Å². The highest BCUT2D eigenvalue weighted by Crippen LogP contribution is 2.30. The van der Waals surface area contributed by atoms with Gasteiger partial charge in [0.05, 0.1) is 6.04 Å². The summed E-state index contributed by atoms with van der Waals surface area (Å²) >= 11 is 0. The first-order chi connectivity index (χ1) is 16.6. The summed E-state index contributed by atoms with van der Waals surface area (Å²) in [5.74, 6) is 0.713. The molecule has 1 N–H and O–H groups in total. The van der Waals surface area contributed by atoms with Gasteiger partial charge in [-0.25, -0.2) is 9.18 Å². The molecule has 2 amide bonds. The van der Waals surface area contributed by atoms with Crippen LogP contribution in [0.4, 0.5) is 9.18 Å². The Labute approximate surface area is 206 Å². The molecule has 2 heterocycles. The van der Waals surface area contributed by atoms with Gasteiger partial charge in [0.1, 0.15) is 11.4 Å². The van der Waals surface area contributed by atoms with Crippen molar-refractivity contribution in [1.82, 2.24) is 20.4 Å². The zero-order valence-electron chi connectivity index (χ0n) is 21.3. The molecule has 1 aromatic heterocycles. The molecule has 1 aliphatic heterocycles. The number of ether oxygens (including phenoxy) is 1. The van der Waals surface area contributed by atoms with Gasteiger partial charge in [-0.2, -0.15) is 4.98 Å².